The summed E-state index contributed by atoms with van der Waals surface area (Å²) in [7, 11) is 0. The molecule has 0 bridgehead atoms. The Morgan fingerprint density at radius 1 is 1.11 bits per heavy atom. The summed E-state index contributed by atoms with van der Waals surface area (Å²) in [6.45, 7) is 0. The molecule has 4 heterocycles. The zero-order valence-electron chi connectivity index (χ0n) is 14.2. The van der Waals surface area contributed by atoms with Crippen molar-refractivity contribution < 1.29 is 9.21 Å². The second-order valence-corrected chi connectivity index (χ2v) is 6.28. The fourth-order valence-corrected chi connectivity index (χ4v) is 3.33. The van der Waals surface area contributed by atoms with E-state index in [9.17, 15) is 4.79 Å². The summed E-state index contributed by atoms with van der Waals surface area (Å²) in [5, 5.41) is 6.09. The number of furan rings is 1. The molecule has 7 heteroatoms. The molecule has 0 saturated heterocycles. The fourth-order valence-electron chi connectivity index (χ4n) is 3.33. The first-order valence-corrected chi connectivity index (χ1v) is 8.58. The number of benzene rings is 1. The monoisotopic (exact) mass is 357 g/mol. The van der Waals surface area contributed by atoms with Gasteiger partial charge in [0.15, 0.2) is 5.76 Å². The lowest BCUT2D eigenvalue weighted by Crippen LogP contribution is -2.26. The van der Waals surface area contributed by atoms with Crippen LogP contribution in [-0.2, 0) is 0 Å². The number of fused-ring (bicyclic) bond motifs is 1. The molecule has 1 atom stereocenters. The maximum atomic E-state index is 13.0. The molecule has 0 saturated carbocycles. The lowest BCUT2D eigenvalue weighted by molar-refractivity contribution is 0.0678. The van der Waals surface area contributed by atoms with Gasteiger partial charge in [-0.25, -0.2) is 5.01 Å². The lowest BCUT2D eigenvalue weighted by atomic mass is 10.00. The van der Waals surface area contributed by atoms with Crippen LogP contribution >= 0.6 is 0 Å². The summed E-state index contributed by atoms with van der Waals surface area (Å²) >= 11 is 0. The van der Waals surface area contributed by atoms with E-state index < -0.39 is 0 Å². The van der Waals surface area contributed by atoms with Crippen LogP contribution < -0.4 is 0 Å². The molecule has 4 aromatic rings. The highest BCUT2D eigenvalue weighted by Crippen LogP contribution is 2.34. The summed E-state index contributed by atoms with van der Waals surface area (Å²) in [5.41, 5.74) is 4.27. The number of rotatable bonds is 3. The molecule has 1 aromatic carbocycles. The van der Waals surface area contributed by atoms with Gasteiger partial charge in [0.05, 0.1) is 34.7 Å². The van der Waals surface area contributed by atoms with Crippen LogP contribution in [-0.4, -0.2) is 31.6 Å². The standard InChI is InChI=1S/C20H15N5O2/c26-20(19-4-2-10-27-19)25-18(12-17(24-25)14-3-1-7-21-14)13-5-6-15-16(11-13)23-9-8-22-15/h1-11,18,21H,12H2/t18-/m1/s1. The molecule has 3 aromatic heterocycles. The molecule has 0 unspecified atom stereocenters. The molecule has 0 fully saturated rings. The quantitative estimate of drug-likeness (QED) is 0.607. The summed E-state index contributed by atoms with van der Waals surface area (Å²) < 4.78 is 5.30. The molecule has 5 rings (SSSR count). The molecular weight excluding hydrogens is 342 g/mol. The Morgan fingerprint density at radius 2 is 2.00 bits per heavy atom. The second-order valence-electron chi connectivity index (χ2n) is 6.28. The van der Waals surface area contributed by atoms with E-state index in [1.165, 1.54) is 11.3 Å². The summed E-state index contributed by atoms with van der Waals surface area (Å²) in [5.74, 6) is -0.0112. The molecular formula is C20H15N5O2. The average molecular weight is 357 g/mol. The van der Waals surface area contributed by atoms with E-state index in [1.807, 2.05) is 36.5 Å². The third-order valence-corrected chi connectivity index (χ3v) is 4.64. The normalized spacial score (nSPS) is 16.7. The lowest BCUT2D eigenvalue weighted by Gasteiger charge is -2.21. The van der Waals surface area contributed by atoms with Crippen LogP contribution in [0.15, 0.2) is 76.8 Å². The largest absolute Gasteiger partial charge is 0.459 e. The number of nitrogens with zero attached hydrogens (tertiary/aromatic N) is 4. The van der Waals surface area contributed by atoms with Gasteiger partial charge in [0, 0.05) is 25.0 Å². The minimum absolute atomic E-state index is 0.243. The summed E-state index contributed by atoms with van der Waals surface area (Å²) in [6, 6.07) is 12.8. The topological polar surface area (TPSA) is 87.4 Å². The van der Waals surface area contributed by atoms with Crippen LogP contribution in [0.25, 0.3) is 11.0 Å². The molecule has 7 nitrogen and oxygen atoms in total. The number of amides is 1. The highest BCUT2D eigenvalue weighted by Gasteiger charge is 2.35. The second kappa shape index (κ2) is 6.21. The van der Waals surface area contributed by atoms with Crippen molar-refractivity contribution in [3.63, 3.8) is 0 Å². The van der Waals surface area contributed by atoms with Crippen molar-refractivity contribution in [2.45, 2.75) is 12.5 Å². The maximum absolute atomic E-state index is 13.0. The van der Waals surface area contributed by atoms with Crippen molar-refractivity contribution in [2.24, 2.45) is 5.10 Å². The molecule has 1 aliphatic rings. The van der Waals surface area contributed by atoms with E-state index in [4.69, 9.17) is 4.42 Å². The number of aromatic amines is 1. The van der Waals surface area contributed by atoms with Gasteiger partial charge in [0.1, 0.15) is 0 Å². The van der Waals surface area contributed by atoms with Gasteiger partial charge in [-0.15, -0.1) is 0 Å². The Bertz CT molecular complexity index is 1130. The highest BCUT2D eigenvalue weighted by molar-refractivity contribution is 6.03. The van der Waals surface area contributed by atoms with Crippen molar-refractivity contribution in [1.29, 1.82) is 0 Å². The van der Waals surface area contributed by atoms with Crippen LogP contribution in [0.3, 0.4) is 0 Å². The van der Waals surface area contributed by atoms with Crippen molar-refractivity contribution in [1.82, 2.24) is 20.0 Å². The fraction of sp³-hybridized carbons (Fsp3) is 0.100. The predicted molar refractivity (Wildman–Crippen MR) is 99.1 cm³/mol. The van der Waals surface area contributed by atoms with Gasteiger partial charge in [-0.05, 0) is 42.0 Å². The molecule has 132 valence electrons. The Kier molecular flexibility index (Phi) is 3.57. The number of nitrogens with one attached hydrogen (secondary N) is 1. The first-order chi connectivity index (χ1) is 13.3. The maximum Gasteiger partial charge on any atom is 0.310 e. The van der Waals surface area contributed by atoms with Gasteiger partial charge < -0.3 is 9.40 Å². The van der Waals surface area contributed by atoms with Gasteiger partial charge in [0.2, 0.25) is 0 Å². The van der Waals surface area contributed by atoms with Crippen LogP contribution in [0.4, 0.5) is 0 Å². The Balaban J connectivity index is 1.57. The van der Waals surface area contributed by atoms with E-state index >= 15 is 0 Å². The molecule has 0 spiro atoms. The Hall–Kier alpha value is -3.74. The Morgan fingerprint density at radius 3 is 2.78 bits per heavy atom. The molecule has 1 N–H and O–H groups in total. The predicted octanol–water partition coefficient (Wildman–Crippen LogP) is 3.54. The number of carbonyl (C=O) groups excluding carboxylic acids is 1. The van der Waals surface area contributed by atoms with Crippen LogP contribution in [0.1, 0.15) is 34.3 Å². The zero-order chi connectivity index (χ0) is 18.2. The molecule has 0 radical (unpaired) electrons. The van der Waals surface area contributed by atoms with Crippen molar-refractivity contribution in [2.75, 3.05) is 0 Å². The molecule has 27 heavy (non-hydrogen) atoms. The third-order valence-electron chi connectivity index (χ3n) is 4.64. The summed E-state index contributed by atoms with van der Waals surface area (Å²) in [4.78, 5) is 24.8. The zero-order valence-corrected chi connectivity index (χ0v) is 14.2. The van der Waals surface area contributed by atoms with Crippen LogP contribution in [0.5, 0.6) is 0 Å². The smallest absolute Gasteiger partial charge is 0.310 e. The highest BCUT2D eigenvalue weighted by atomic mass is 16.3. The van der Waals surface area contributed by atoms with Crippen LogP contribution in [0, 0.1) is 0 Å². The van der Waals surface area contributed by atoms with Crippen LogP contribution in [0.2, 0.25) is 0 Å². The van der Waals surface area contributed by atoms with Gasteiger partial charge in [0.25, 0.3) is 0 Å². The average Bonchev–Trinajstić information content (AvgIpc) is 3.48. The van der Waals surface area contributed by atoms with Crippen molar-refractivity contribution in [3.05, 3.63) is 84.3 Å². The minimum Gasteiger partial charge on any atom is -0.459 e. The number of carbonyl (C=O) groups is 1. The first-order valence-electron chi connectivity index (χ1n) is 8.58. The molecule has 1 amide bonds. The number of aromatic nitrogens is 3. The Labute approximate surface area is 154 Å². The third kappa shape index (κ3) is 2.69. The number of hydrogen-bond acceptors (Lipinski definition) is 5. The number of hydrazone groups is 1. The summed E-state index contributed by atoms with van der Waals surface area (Å²) in [6.07, 6.45) is 7.25. The van der Waals surface area contributed by atoms with Gasteiger partial charge >= 0.3 is 5.91 Å². The molecule has 0 aliphatic carbocycles. The number of hydrogen-bond donors (Lipinski definition) is 1. The SMILES string of the molecule is O=C(c1ccco1)N1N=C(c2ccc[nH]2)C[C@@H]1c1ccc2nccnc2c1. The van der Waals surface area contributed by atoms with Gasteiger partial charge in [-0.2, -0.15) is 5.10 Å². The van der Waals surface area contributed by atoms with Gasteiger partial charge in [-0.1, -0.05) is 6.07 Å². The van der Waals surface area contributed by atoms with Crippen molar-refractivity contribution in [3.8, 4) is 0 Å². The van der Waals surface area contributed by atoms with Crippen molar-refractivity contribution >= 4 is 22.7 Å². The minimum atomic E-state index is -0.272. The van der Waals surface area contributed by atoms with E-state index in [1.54, 1.807) is 24.5 Å². The number of H-pyrrole nitrogens is 1. The van der Waals surface area contributed by atoms with Gasteiger partial charge in [-0.3, -0.25) is 14.8 Å². The van der Waals surface area contributed by atoms with E-state index in [2.05, 4.69) is 20.1 Å². The van der Waals surface area contributed by atoms with E-state index in [-0.39, 0.29) is 17.7 Å². The van der Waals surface area contributed by atoms with E-state index in [0.29, 0.717) is 6.42 Å². The van der Waals surface area contributed by atoms with E-state index in [0.717, 1.165) is 28.0 Å². The first kappa shape index (κ1) is 15.5. The molecule has 1 aliphatic heterocycles.